The third kappa shape index (κ3) is 2.46. The van der Waals surface area contributed by atoms with E-state index >= 15 is 0 Å². The Morgan fingerprint density at radius 1 is 1.39 bits per heavy atom. The van der Waals surface area contributed by atoms with Gasteiger partial charge in [-0.2, -0.15) is 0 Å². The number of hydrogen-bond donors (Lipinski definition) is 0. The molecule has 0 N–H and O–H groups in total. The maximum atomic E-state index is 12.8. The van der Waals surface area contributed by atoms with Gasteiger partial charge in [0.15, 0.2) is 0 Å². The van der Waals surface area contributed by atoms with E-state index in [9.17, 15) is 8.78 Å². The topological polar surface area (TPSA) is 12.5 Å². The molecule has 1 saturated heterocycles. The summed E-state index contributed by atoms with van der Waals surface area (Å²) < 4.78 is 45.5. The van der Waals surface area contributed by atoms with Crippen molar-refractivity contribution in [3.63, 3.8) is 0 Å². The van der Waals surface area contributed by atoms with Gasteiger partial charge >= 0.3 is 0 Å². The summed E-state index contributed by atoms with van der Waals surface area (Å²) in [5, 5.41) is 0. The Labute approximate surface area is 139 Å². The normalized spacial score (nSPS) is 35.1. The smallest absolute Gasteiger partial charge is 0.272 e. The minimum Gasteiger partial charge on any atom is -0.488 e. The van der Waals surface area contributed by atoms with Crippen LogP contribution in [0.2, 0.25) is 0 Å². The second-order valence-electron chi connectivity index (χ2n) is 7.35. The van der Waals surface area contributed by atoms with Crippen molar-refractivity contribution in [3.05, 3.63) is 29.3 Å². The summed E-state index contributed by atoms with van der Waals surface area (Å²) in [6.07, 6.45) is 3.73. The van der Waals surface area contributed by atoms with Gasteiger partial charge in [-0.15, -0.1) is 0 Å². The number of likely N-dealkylation sites (N-methyl/N-ethyl adjacent to an activating group) is 1. The SMILES string of the molecule is [2H]C([2H])(Oc1ccc2c(c1)[C@]13CCCC[C@@H]1C(C2)N(C)CC3)C(F)F. The van der Waals surface area contributed by atoms with Crippen molar-refractivity contribution in [2.24, 2.45) is 5.92 Å². The first kappa shape index (κ1) is 13.2. The molecule has 3 atom stereocenters. The van der Waals surface area contributed by atoms with Gasteiger partial charge < -0.3 is 9.64 Å². The predicted molar refractivity (Wildman–Crippen MR) is 86.3 cm³/mol. The first-order valence-electron chi connectivity index (χ1n) is 9.64. The van der Waals surface area contributed by atoms with Crippen molar-refractivity contribution in [2.75, 3.05) is 20.2 Å². The van der Waals surface area contributed by atoms with Crippen molar-refractivity contribution in [1.29, 1.82) is 0 Å². The van der Waals surface area contributed by atoms with Crippen LogP contribution >= 0.6 is 0 Å². The standard InChI is InChI=1S/C19H25F2NO/c1-22-9-8-19-7-3-2-4-15(19)17(22)10-13-5-6-14(11-16(13)19)23-12-18(20)21/h5-6,11,15,17-18H,2-4,7-10,12H2,1H3/t15-,17?,19+/m1/s1/i12D2. The maximum absolute atomic E-state index is 12.8. The highest BCUT2D eigenvalue weighted by Gasteiger charge is 2.53. The van der Waals surface area contributed by atoms with Crippen LogP contribution in [-0.4, -0.2) is 37.5 Å². The molecule has 1 saturated carbocycles. The van der Waals surface area contributed by atoms with E-state index in [0.717, 1.165) is 25.8 Å². The first-order valence-corrected chi connectivity index (χ1v) is 8.64. The first-order chi connectivity index (χ1) is 11.8. The molecule has 1 aliphatic heterocycles. The molecule has 1 unspecified atom stereocenters. The van der Waals surface area contributed by atoms with Crippen molar-refractivity contribution in [2.45, 2.75) is 56.4 Å². The molecule has 2 fully saturated rings. The Bertz CT molecular complexity index is 669. The number of ether oxygens (including phenoxy) is 1. The Morgan fingerprint density at radius 3 is 3.09 bits per heavy atom. The van der Waals surface area contributed by atoms with E-state index in [-0.39, 0.29) is 11.2 Å². The van der Waals surface area contributed by atoms with Crippen LogP contribution < -0.4 is 4.74 Å². The second kappa shape index (κ2) is 5.73. The average Bonchev–Trinajstić information content (AvgIpc) is 2.58. The molecule has 0 amide bonds. The largest absolute Gasteiger partial charge is 0.488 e. The summed E-state index contributed by atoms with van der Waals surface area (Å²) in [4.78, 5) is 2.48. The van der Waals surface area contributed by atoms with Crippen LogP contribution in [0.5, 0.6) is 5.75 Å². The Kier molecular flexibility index (Phi) is 3.28. The highest BCUT2D eigenvalue weighted by Crippen LogP contribution is 2.55. The highest BCUT2D eigenvalue weighted by atomic mass is 19.3. The third-order valence-electron chi connectivity index (χ3n) is 6.35. The molecule has 23 heavy (non-hydrogen) atoms. The van der Waals surface area contributed by atoms with Gasteiger partial charge in [0.25, 0.3) is 6.43 Å². The Hall–Kier alpha value is -1.16. The van der Waals surface area contributed by atoms with Gasteiger partial charge in [0, 0.05) is 11.5 Å². The number of nitrogens with zero attached hydrogens (tertiary/aromatic N) is 1. The molecule has 1 heterocycles. The van der Waals surface area contributed by atoms with Crippen LogP contribution in [0, 0.1) is 5.92 Å². The lowest BCUT2D eigenvalue weighted by Gasteiger charge is -2.58. The van der Waals surface area contributed by atoms with Gasteiger partial charge in [-0.3, -0.25) is 0 Å². The zero-order valence-corrected chi connectivity index (χ0v) is 13.5. The summed E-state index contributed by atoms with van der Waals surface area (Å²) in [5.74, 6) is 0.828. The number of piperidine rings is 1. The molecule has 3 aliphatic rings. The molecule has 0 spiro atoms. The molecule has 1 aromatic carbocycles. The van der Waals surface area contributed by atoms with Crippen LogP contribution in [0.15, 0.2) is 18.2 Å². The highest BCUT2D eigenvalue weighted by molar-refractivity contribution is 5.45. The maximum Gasteiger partial charge on any atom is 0.272 e. The van der Waals surface area contributed by atoms with Gasteiger partial charge in [0.2, 0.25) is 0 Å². The van der Waals surface area contributed by atoms with Gasteiger partial charge in [-0.05, 0) is 68.5 Å². The van der Waals surface area contributed by atoms with Crippen LogP contribution in [0.4, 0.5) is 8.78 Å². The minimum absolute atomic E-state index is 0.111. The fourth-order valence-corrected chi connectivity index (χ4v) is 5.35. The zero-order valence-electron chi connectivity index (χ0n) is 15.5. The summed E-state index contributed by atoms with van der Waals surface area (Å²) in [5.41, 5.74) is 2.61. The number of benzene rings is 1. The van der Waals surface area contributed by atoms with Gasteiger partial charge in [0.1, 0.15) is 12.3 Å². The van der Waals surface area contributed by atoms with Gasteiger partial charge in [-0.1, -0.05) is 18.9 Å². The lowest BCUT2D eigenvalue weighted by Crippen LogP contribution is -2.59. The molecule has 2 aliphatic carbocycles. The van der Waals surface area contributed by atoms with E-state index in [2.05, 4.69) is 11.9 Å². The zero-order chi connectivity index (χ0) is 17.8. The number of fused-ring (bicyclic) bond motifs is 1. The molecule has 0 radical (unpaired) electrons. The van der Waals surface area contributed by atoms with E-state index in [1.54, 1.807) is 6.07 Å². The molecule has 4 heteroatoms. The molecule has 2 nitrogen and oxygen atoms in total. The number of likely N-dealkylation sites (tertiary alicyclic amines) is 1. The van der Waals surface area contributed by atoms with Crippen molar-refractivity contribution >= 4 is 0 Å². The lowest BCUT2D eigenvalue weighted by atomic mass is 9.52. The number of hydrogen-bond acceptors (Lipinski definition) is 2. The number of rotatable bonds is 3. The quantitative estimate of drug-likeness (QED) is 0.833. The number of halogens is 2. The lowest BCUT2D eigenvalue weighted by molar-refractivity contribution is 0.00259. The molecule has 4 rings (SSSR count). The Morgan fingerprint density at radius 2 is 2.26 bits per heavy atom. The molecule has 0 aromatic heterocycles. The van der Waals surface area contributed by atoms with Crippen LogP contribution in [-0.2, 0) is 11.8 Å². The van der Waals surface area contributed by atoms with Crippen LogP contribution in [0.1, 0.15) is 46.0 Å². The summed E-state index contributed by atoms with van der Waals surface area (Å²) in [7, 11) is 2.21. The van der Waals surface area contributed by atoms with Crippen molar-refractivity contribution < 1.29 is 16.3 Å². The van der Waals surface area contributed by atoms with Gasteiger partial charge in [0.05, 0.1) is 2.74 Å². The molecule has 2 bridgehead atoms. The fraction of sp³-hybridized carbons (Fsp3) is 0.684. The third-order valence-corrected chi connectivity index (χ3v) is 6.35. The van der Waals surface area contributed by atoms with E-state index in [4.69, 9.17) is 7.48 Å². The van der Waals surface area contributed by atoms with Crippen molar-refractivity contribution in [3.8, 4) is 5.75 Å². The van der Waals surface area contributed by atoms with E-state index in [1.165, 1.54) is 30.4 Å². The van der Waals surface area contributed by atoms with E-state index in [0.29, 0.717) is 12.0 Å². The van der Waals surface area contributed by atoms with Gasteiger partial charge in [-0.25, -0.2) is 8.78 Å². The molecule has 126 valence electrons. The summed E-state index contributed by atoms with van der Waals surface area (Å²) >= 11 is 0. The number of alkyl halides is 2. The van der Waals surface area contributed by atoms with Crippen LogP contribution in [0.3, 0.4) is 0 Å². The minimum atomic E-state index is -3.17. The summed E-state index contributed by atoms with van der Waals surface area (Å²) in [6.45, 7) is -1.90. The Balaban J connectivity index is 1.74. The van der Waals surface area contributed by atoms with E-state index in [1.807, 2.05) is 12.1 Å². The van der Waals surface area contributed by atoms with Crippen LogP contribution in [0.25, 0.3) is 0 Å². The molecular weight excluding hydrogens is 296 g/mol. The summed E-state index contributed by atoms with van der Waals surface area (Å²) in [6, 6.07) is 6.02. The predicted octanol–water partition coefficient (Wildman–Crippen LogP) is 4.02. The second-order valence-corrected chi connectivity index (χ2v) is 7.35. The molecular formula is C19H25F2NO. The fourth-order valence-electron chi connectivity index (χ4n) is 5.35. The molecule has 1 aromatic rings. The van der Waals surface area contributed by atoms with Crippen molar-refractivity contribution in [1.82, 2.24) is 4.90 Å². The monoisotopic (exact) mass is 323 g/mol. The average molecular weight is 323 g/mol. The van der Waals surface area contributed by atoms with E-state index < -0.39 is 13.0 Å².